The molecule has 1 saturated heterocycles. The van der Waals surface area contributed by atoms with Gasteiger partial charge in [0, 0.05) is 35.6 Å². The topological polar surface area (TPSA) is 63.5 Å². The number of benzene rings is 1. The summed E-state index contributed by atoms with van der Waals surface area (Å²) in [5.41, 5.74) is 1.12. The molecule has 1 heterocycles. The minimum absolute atomic E-state index is 0.0277. The van der Waals surface area contributed by atoms with Crippen LogP contribution in [0.3, 0.4) is 0 Å². The summed E-state index contributed by atoms with van der Waals surface area (Å²) in [4.78, 5) is 24.6. The number of likely N-dealkylation sites (tertiary alicyclic amines) is 1. The van der Waals surface area contributed by atoms with Crippen LogP contribution in [0, 0.1) is 23.0 Å². The number of hydrogen-bond donors (Lipinski definition) is 0. The molecule has 0 radical (unpaired) electrons. The van der Waals surface area contributed by atoms with Gasteiger partial charge in [0.25, 0.3) is 11.6 Å². The van der Waals surface area contributed by atoms with Gasteiger partial charge in [-0.15, -0.1) is 0 Å². The Morgan fingerprint density at radius 3 is 2.90 bits per heavy atom. The molecule has 1 aliphatic heterocycles. The number of carbonyl (C=O) groups excluding carboxylic acids is 1. The molecular weight excluding hydrogens is 324 g/mol. The van der Waals surface area contributed by atoms with Crippen molar-refractivity contribution >= 4 is 27.5 Å². The summed E-state index contributed by atoms with van der Waals surface area (Å²) in [6.07, 6.45) is 2.10. The van der Waals surface area contributed by atoms with Gasteiger partial charge in [-0.2, -0.15) is 0 Å². The third-order valence-electron chi connectivity index (χ3n) is 3.73. The van der Waals surface area contributed by atoms with Gasteiger partial charge in [-0.25, -0.2) is 0 Å². The van der Waals surface area contributed by atoms with E-state index >= 15 is 0 Å². The average Bonchev–Trinajstić information content (AvgIpc) is 2.86. The monoisotopic (exact) mass is 340 g/mol. The van der Waals surface area contributed by atoms with E-state index in [-0.39, 0.29) is 11.6 Å². The van der Waals surface area contributed by atoms with Gasteiger partial charge >= 0.3 is 0 Å². The second kappa shape index (κ2) is 6.35. The van der Waals surface area contributed by atoms with Crippen LogP contribution in [-0.2, 0) is 0 Å². The number of rotatable bonds is 4. The van der Waals surface area contributed by atoms with Crippen LogP contribution in [0.4, 0.5) is 5.69 Å². The van der Waals surface area contributed by atoms with Crippen molar-refractivity contribution in [1.82, 2.24) is 4.90 Å². The van der Waals surface area contributed by atoms with Crippen molar-refractivity contribution in [2.45, 2.75) is 19.8 Å². The largest absolute Gasteiger partial charge is 0.338 e. The molecule has 1 aromatic rings. The summed E-state index contributed by atoms with van der Waals surface area (Å²) >= 11 is 3.43. The first-order valence-corrected chi connectivity index (χ1v) is 7.75. The van der Waals surface area contributed by atoms with Crippen LogP contribution in [0.2, 0.25) is 0 Å². The van der Waals surface area contributed by atoms with E-state index in [0.29, 0.717) is 17.0 Å². The smallest absolute Gasteiger partial charge is 0.272 e. The summed E-state index contributed by atoms with van der Waals surface area (Å²) in [5.74, 6) is 0.526. The number of halogens is 1. The van der Waals surface area contributed by atoms with Crippen LogP contribution < -0.4 is 0 Å². The highest BCUT2D eigenvalue weighted by atomic mass is 79.9. The molecule has 0 aromatic heterocycles. The number of alkyl halides is 1. The second-order valence-electron chi connectivity index (χ2n) is 5.14. The first-order chi connectivity index (χ1) is 9.52. The first-order valence-electron chi connectivity index (χ1n) is 6.63. The minimum atomic E-state index is -0.425. The second-order valence-corrected chi connectivity index (χ2v) is 5.93. The van der Waals surface area contributed by atoms with Crippen molar-refractivity contribution in [3.8, 4) is 0 Å². The fourth-order valence-electron chi connectivity index (χ4n) is 2.58. The van der Waals surface area contributed by atoms with Crippen molar-refractivity contribution in [3.63, 3.8) is 0 Å². The predicted molar refractivity (Wildman–Crippen MR) is 80.3 cm³/mol. The highest BCUT2D eigenvalue weighted by Gasteiger charge is 2.27. The van der Waals surface area contributed by atoms with Crippen molar-refractivity contribution < 1.29 is 9.72 Å². The molecule has 6 heteroatoms. The number of hydrogen-bond acceptors (Lipinski definition) is 3. The van der Waals surface area contributed by atoms with Gasteiger partial charge in [-0.1, -0.05) is 15.9 Å². The Bertz CT molecular complexity index is 533. The lowest BCUT2D eigenvalue weighted by atomic mass is 10.1. The fraction of sp³-hybridized carbons (Fsp3) is 0.500. The minimum Gasteiger partial charge on any atom is -0.338 e. The maximum Gasteiger partial charge on any atom is 0.272 e. The molecule has 1 unspecified atom stereocenters. The quantitative estimate of drug-likeness (QED) is 0.480. The van der Waals surface area contributed by atoms with Crippen molar-refractivity contribution in [2.24, 2.45) is 5.92 Å². The molecule has 5 nitrogen and oxygen atoms in total. The maximum atomic E-state index is 12.4. The molecule has 0 spiro atoms. The van der Waals surface area contributed by atoms with Gasteiger partial charge in [0.05, 0.1) is 4.92 Å². The summed E-state index contributed by atoms with van der Waals surface area (Å²) in [5, 5.41) is 11.7. The highest BCUT2D eigenvalue weighted by Crippen LogP contribution is 2.24. The van der Waals surface area contributed by atoms with E-state index in [1.165, 1.54) is 6.07 Å². The summed E-state index contributed by atoms with van der Waals surface area (Å²) in [7, 11) is 0. The molecule has 0 saturated carbocycles. The van der Waals surface area contributed by atoms with Gasteiger partial charge in [-0.05, 0) is 37.8 Å². The molecule has 1 atom stereocenters. The third kappa shape index (κ3) is 3.17. The van der Waals surface area contributed by atoms with Gasteiger partial charge in [0.1, 0.15) is 0 Å². The Morgan fingerprint density at radius 2 is 2.30 bits per heavy atom. The zero-order chi connectivity index (χ0) is 14.7. The number of carbonyl (C=O) groups is 1. The van der Waals surface area contributed by atoms with E-state index in [2.05, 4.69) is 15.9 Å². The molecule has 1 aromatic carbocycles. The molecule has 1 fully saturated rings. The number of nitrogens with zero attached hydrogens (tertiary/aromatic N) is 2. The Balaban J connectivity index is 2.10. The van der Waals surface area contributed by atoms with Gasteiger partial charge < -0.3 is 4.90 Å². The zero-order valence-corrected chi connectivity index (χ0v) is 12.9. The molecule has 0 N–H and O–H groups in total. The number of amides is 1. The van der Waals surface area contributed by atoms with Crippen LogP contribution in [0.15, 0.2) is 18.2 Å². The number of nitro groups is 1. The Labute approximate surface area is 126 Å². The zero-order valence-electron chi connectivity index (χ0n) is 11.3. The lowest BCUT2D eigenvalue weighted by Gasteiger charge is -2.16. The molecular formula is C14H17BrN2O3. The summed E-state index contributed by atoms with van der Waals surface area (Å²) in [6, 6.07) is 4.57. The Morgan fingerprint density at radius 1 is 1.55 bits per heavy atom. The summed E-state index contributed by atoms with van der Waals surface area (Å²) in [6.45, 7) is 3.21. The number of aryl methyl sites for hydroxylation is 1. The number of nitro benzene ring substituents is 1. The molecule has 108 valence electrons. The van der Waals surface area contributed by atoms with E-state index in [1.807, 2.05) is 4.90 Å². The van der Waals surface area contributed by atoms with Gasteiger partial charge in [-0.3, -0.25) is 14.9 Å². The Kier molecular flexibility index (Phi) is 4.75. The first kappa shape index (κ1) is 15.0. The van der Waals surface area contributed by atoms with Crippen molar-refractivity contribution in [1.29, 1.82) is 0 Å². The van der Waals surface area contributed by atoms with E-state index in [9.17, 15) is 14.9 Å². The van der Waals surface area contributed by atoms with Crippen LogP contribution in [-0.4, -0.2) is 34.2 Å². The van der Waals surface area contributed by atoms with Crippen LogP contribution in [0.5, 0.6) is 0 Å². The van der Waals surface area contributed by atoms with E-state index in [0.717, 1.165) is 31.3 Å². The van der Waals surface area contributed by atoms with Crippen molar-refractivity contribution in [3.05, 3.63) is 39.4 Å². The SMILES string of the molecule is Cc1cc(C(=O)N2CCC(CCBr)C2)ccc1[N+](=O)[O-]. The normalized spacial score (nSPS) is 18.3. The van der Waals surface area contributed by atoms with Crippen molar-refractivity contribution in [2.75, 3.05) is 18.4 Å². The van der Waals surface area contributed by atoms with Crippen LogP contribution in [0.25, 0.3) is 0 Å². The molecule has 0 aliphatic carbocycles. The standard InChI is InChI=1S/C14H17BrN2O3/c1-10-8-12(2-3-13(10)17(19)20)14(18)16-7-5-11(9-16)4-6-15/h2-3,8,11H,4-7,9H2,1H3. The average molecular weight is 341 g/mol. The van der Waals surface area contributed by atoms with Crippen LogP contribution in [0.1, 0.15) is 28.8 Å². The third-order valence-corrected chi connectivity index (χ3v) is 4.19. The van der Waals surface area contributed by atoms with Crippen LogP contribution >= 0.6 is 15.9 Å². The lowest BCUT2D eigenvalue weighted by molar-refractivity contribution is -0.385. The molecule has 2 rings (SSSR count). The van der Waals surface area contributed by atoms with E-state index in [1.54, 1.807) is 19.1 Å². The molecule has 1 amide bonds. The predicted octanol–water partition coefficient (Wildman–Crippen LogP) is 3.15. The fourth-order valence-corrected chi connectivity index (χ4v) is 3.23. The molecule has 1 aliphatic rings. The van der Waals surface area contributed by atoms with E-state index in [4.69, 9.17) is 0 Å². The lowest BCUT2D eigenvalue weighted by Crippen LogP contribution is -2.28. The molecule has 20 heavy (non-hydrogen) atoms. The summed E-state index contributed by atoms with van der Waals surface area (Å²) < 4.78 is 0. The highest BCUT2D eigenvalue weighted by molar-refractivity contribution is 9.09. The Hall–Kier alpha value is -1.43. The molecule has 0 bridgehead atoms. The van der Waals surface area contributed by atoms with Gasteiger partial charge in [0.15, 0.2) is 0 Å². The van der Waals surface area contributed by atoms with Gasteiger partial charge in [0.2, 0.25) is 0 Å². The maximum absolute atomic E-state index is 12.4. The van der Waals surface area contributed by atoms with E-state index < -0.39 is 4.92 Å².